The molecule has 2 aromatic heterocycles. The zero-order valence-electron chi connectivity index (χ0n) is 19.3. The smallest absolute Gasteiger partial charge is 0.790 e. The molecule has 1 aromatic carbocycles. The first-order valence-corrected chi connectivity index (χ1v) is 11.1. The van der Waals surface area contributed by atoms with Gasteiger partial charge in [0.15, 0.2) is 30.1 Å². The van der Waals surface area contributed by atoms with Gasteiger partial charge in [-0.3, -0.25) is 9.89 Å². The number of phosphoric acid groups is 1. The number of carbonyl (C=O) groups is 1. The average molecular weight is 545 g/mol. The summed E-state index contributed by atoms with van der Waals surface area (Å²) in [5.74, 6) is -4.71. The van der Waals surface area contributed by atoms with Gasteiger partial charge in [0.05, 0.1) is 32.5 Å². The molecule has 2 N–H and O–H groups in total. The second-order valence-corrected chi connectivity index (χ2v) is 7.98. The summed E-state index contributed by atoms with van der Waals surface area (Å²) in [6.07, 6.45) is 2.74. The van der Waals surface area contributed by atoms with Gasteiger partial charge in [-0.1, -0.05) is 0 Å². The van der Waals surface area contributed by atoms with Gasteiger partial charge >= 0.3 is 59.1 Å². The van der Waals surface area contributed by atoms with E-state index in [1.807, 2.05) is 0 Å². The van der Waals surface area contributed by atoms with E-state index < -0.39 is 38.0 Å². The first kappa shape index (κ1) is 32.9. The van der Waals surface area contributed by atoms with Gasteiger partial charge in [-0.15, -0.1) is 0 Å². The minimum Gasteiger partial charge on any atom is -0.790 e. The maximum absolute atomic E-state index is 13.4. The van der Waals surface area contributed by atoms with E-state index in [0.717, 1.165) is 12.1 Å². The van der Waals surface area contributed by atoms with Crippen molar-refractivity contribution >= 4 is 19.5 Å². The van der Waals surface area contributed by atoms with Gasteiger partial charge in [-0.2, -0.15) is 15.3 Å². The Bertz CT molecular complexity index is 1180. The molecular formula is C19H17F3N5Na2O6P. The molecule has 2 heterocycles. The summed E-state index contributed by atoms with van der Waals surface area (Å²) in [6, 6.07) is 3.24. The number of benzene rings is 1. The summed E-state index contributed by atoms with van der Waals surface area (Å²) in [4.78, 5) is 33.4. The maximum Gasteiger partial charge on any atom is 1.00 e. The number of halogens is 3. The summed E-state index contributed by atoms with van der Waals surface area (Å²) in [5.41, 5.74) is 1.61. The Hall–Kier alpha value is -1.16. The topological polar surface area (TPSA) is 165 Å². The van der Waals surface area contributed by atoms with Crippen molar-refractivity contribution in [1.82, 2.24) is 20.4 Å². The molecule has 3 aromatic rings. The fourth-order valence-corrected chi connectivity index (χ4v) is 3.13. The summed E-state index contributed by atoms with van der Waals surface area (Å²) in [5, 5.41) is 16.8. The van der Waals surface area contributed by atoms with E-state index in [0.29, 0.717) is 16.8 Å². The van der Waals surface area contributed by atoms with Crippen LogP contribution in [0.2, 0.25) is 0 Å². The van der Waals surface area contributed by atoms with Gasteiger partial charge in [0.2, 0.25) is 5.91 Å². The number of nitrogens with one attached hydrogen (secondary N) is 2. The van der Waals surface area contributed by atoms with E-state index in [4.69, 9.17) is 4.74 Å². The molecular weight excluding hydrogens is 528 g/mol. The zero-order valence-corrected chi connectivity index (χ0v) is 24.2. The largest absolute Gasteiger partial charge is 1.00 e. The number of ether oxygens (including phenoxy) is 1. The number of amides is 1. The molecule has 182 valence electrons. The van der Waals surface area contributed by atoms with Crippen LogP contribution in [0.1, 0.15) is 17.5 Å². The molecule has 0 aliphatic rings. The molecule has 11 nitrogen and oxygen atoms in total. The van der Waals surface area contributed by atoms with Crippen molar-refractivity contribution in [3.8, 4) is 11.3 Å². The van der Waals surface area contributed by atoms with Crippen LogP contribution in [-0.2, 0) is 31.5 Å². The maximum atomic E-state index is 13.4. The zero-order chi connectivity index (χ0) is 24.7. The number of aryl methyl sites for hydroxylation is 1. The Balaban J connectivity index is 0.00000324. The van der Waals surface area contributed by atoms with Gasteiger partial charge in [0.1, 0.15) is 0 Å². The molecule has 36 heavy (non-hydrogen) atoms. The van der Waals surface area contributed by atoms with Crippen LogP contribution in [0.15, 0.2) is 30.6 Å². The van der Waals surface area contributed by atoms with Gasteiger partial charge in [0, 0.05) is 24.0 Å². The Morgan fingerprint density at radius 2 is 1.81 bits per heavy atom. The molecule has 1 amide bonds. The first-order chi connectivity index (χ1) is 16.1. The van der Waals surface area contributed by atoms with Gasteiger partial charge < -0.3 is 28.9 Å². The second-order valence-electron chi connectivity index (χ2n) is 6.83. The Labute approximate surface area is 247 Å². The molecule has 0 unspecified atom stereocenters. The first-order valence-electron chi connectivity index (χ1n) is 9.66. The molecule has 0 saturated heterocycles. The standard InChI is InChI=1S/C19H19F3N5O6P.2Na/c20-14-7-11(8-15(21)17(14)22)1-2-16(28)25-19-13(4-6-32-10-33-34(29,30)31)18(26-27-19)12-3-5-23-24-9-12;;/h3,5,7-9H,1-2,4,6,10H2,(H2,29,30,31)(H2,25,26,27,28);;/q;2*+1/p-2. The minimum atomic E-state index is -5.18. The number of aromatic amines is 1. The number of hydrogen-bond donors (Lipinski definition) is 2. The number of carbonyl (C=O) groups excluding carboxylic acids is 1. The summed E-state index contributed by atoms with van der Waals surface area (Å²) in [6.45, 7) is -0.872. The fourth-order valence-electron chi connectivity index (χ4n) is 2.93. The molecule has 0 aliphatic carbocycles. The van der Waals surface area contributed by atoms with E-state index in [1.165, 1.54) is 12.4 Å². The van der Waals surface area contributed by atoms with Crippen LogP contribution in [0, 0.1) is 17.5 Å². The van der Waals surface area contributed by atoms with Crippen molar-refractivity contribution in [2.75, 3.05) is 18.7 Å². The number of hydrogen-bond acceptors (Lipinski definition) is 9. The van der Waals surface area contributed by atoms with Crippen LogP contribution in [0.4, 0.5) is 19.0 Å². The van der Waals surface area contributed by atoms with Crippen LogP contribution in [0.25, 0.3) is 11.3 Å². The third-order valence-electron chi connectivity index (χ3n) is 4.47. The van der Waals surface area contributed by atoms with Gasteiger partial charge in [-0.05, 0) is 30.2 Å². The third kappa shape index (κ3) is 9.95. The number of phosphoric ester groups is 1. The van der Waals surface area contributed by atoms with Crippen molar-refractivity contribution in [2.24, 2.45) is 0 Å². The minimum absolute atomic E-state index is 0. The van der Waals surface area contributed by atoms with Crippen LogP contribution in [0.5, 0.6) is 0 Å². The van der Waals surface area contributed by atoms with Crippen LogP contribution >= 0.6 is 7.82 Å². The average Bonchev–Trinajstić information content (AvgIpc) is 3.17. The Morgan fingerprint density at radius 1 is 1.11 bits per heavy atom. The van der Waals surface area contributed by atoms with Crippen molar-refractivity contribution < 1.29 is 101 Å². The summed E-state index contributed by atoms with van der Waals surface area (Å²) >= 11 is 0. The van der Waals surface area contributed by atoms with E-state index in [9.17, 15) is 32.3 Å². The monoisotopic (exact) mass is 545 g/mol. The predicted octanol–water partition coefficient (Wildman–Crippen LogP) is -4.77. The van der Waals surface area contributed by atoms with Crippen molar-refractivity contribution in [1.29, 1.82) is 0 Å². The Morgan fingerprint density at radius 3 is 2.42 bits per heavy atom. The molecule has 0 aliphatic heterocycles. The third-order valence-corrected chi connectivity index (χ3v) is 4.89. The second kappa shape index (κ2) is 15.3. The molecule has 0 radical (unpaired) electrons. The quantitative estimate of drug-likeness (QED) is 0.0791. The van der Waals surface area contributed by atoms with Gasteiger partial charge in [-0.25, -0.2) is 13.2 Å². The van der Waals surface area contributed by atoms with E-state index >= 15 is 0 Å². The molecule has 17 heteroatoms. The summed E-state index contributed by atoms with van der Waals surface area (Å²) < 4.78 is 59.3. The summed E-state index contributed by atoms with van der Waals surface area (Å²) in [7, 11) is -5.18. The normalized spacial score (nSPS) is 10.9. The van der Waals surface area contributed by atoms with E-state index in [2.05, 4.69) is 30.2 Å². The Kier molecular flexibility index (Phi) is 14.0. The number of aromatic nitrogens is 4. The SMILES string of the molecule is O=C(CCc1cc(F)c(F)c(F)c1)Nc1n[nH]c(-c2ccnnc2)c1CCOCOP(=O)([O-])[O-].[Na+].[Na+]. The molecule has 0 saturated carbocycles. The molecule has 0 fully saturated rings. The fraction of sp³-hybridized carbons (Fsp3) is 0.263. The molecule has 0 spiro atoms. The predicted molar refractivity (Wildman–Crippen MR) is 106 cm³/mol. The van der Waals surface area contributed by atoms with Crippen molar-refractivity contribution in [2.45, 2.75) is 19.3 Å². The van der Waals surface area contributed by atoms with Crippen molar-refractivity contribution in [3.63, 3.8) is 0 Å². The van der Waals surface area contributed by atoms with Gasteiger partial charge in [0.25, 0.3) is 0 Å². The van der Waals surface area contributed by atoms with E-state index in [-0.39, 0.29) is 96.4 Å². The number of H-pyrrole nitrogens is 1. The van der Waals surface area contributed by atoms with Crippen LogP contribution < -0.4 is 74.2 Å². The number of rotatable bonds is 11. The molecule has 0 atom stereocenters. The van der Waals surface area contributed by atoms with Crippen molar-refractivity contribution in [3.05, 3.63) is 59.2 Å². The molecule has 3 rings (SSSR count). The number of nitrogens with zero attached hydrogens (tertiary/aromatic N) is 3. The van der Waals surface area contributed by atoms with Crippen LogP contribution in [0.3, 0.4) is 0 Å². The number of anilines is 1. The van der Waals surface area contributed by atoms with Crippen LogP contribution in [-0.4, -0.2) is 39.7 Å². The molecule has 0 bridgehead atoms. The van der Waals surface area contributed by atoms with E-state index in [1.54, 1.807) is 6.07 Å².